The van der Waals surface area contributed by atoms with Crippen molar-refractivity contribution in [1.29, 1.82) is 0 Å². The number of carbonyl (C=O) groups is 2. The molecule has 32 heavy (non-hydrogen) atoms. The molecule has 2 aromatic carbocycles. The summed E-state index contributed by atoms with van der Waals surface area (Å²) in [5.41, 5.74) is 0.653. The Labute approximate surface area is 188 Å². The van der Waals surface area contributed by atoms with Gasteiger partial charge in [0.1, 0.15) is 11.4 Å². The molecule has 1 aromatic heterocycles. The Bertz CT molecular complexity index is 1170. The van der Waals surface area contributed by atoms with Crippen molar-refractivity contribution in [2.75, 3.05) is 48.4 Å². The van der Waals surface area contributed by atoms with Gasteiger partial charge in [-0.25, -0.2) is 4.98 Å². The average Bonchev–Trinajstić information content (AvgIpc) is 3.53. The first-order valence-corrected chi connectivity index (χ1v) is 11.1. The van der Waals surface area contributed by atoms with Crippen LogP contribution in [0.3, 0.4) is 0 Å². The maximum atomic E-state index is 13.1. The Morgan fingerprint density at radius 1 is 1.16 bits per heavy atom. The molecular formula is C22H22N4O5S. The number of nitrogens with zero attached hydrogens (tertiary/aromatic N) is 2. The fourth-order valence-electron chi connectivity index (χ4n) is 3.98. The van der Waals surface area contributed by atoms with E-state index in [0.29, 0.717) is 48.4 Å². The highest BCUT2D eigenvalue weighted by Crippen LogP contribution is 2.37. The van der Waals surface area contributed by atoms with Crippen LogP contribution in [0.5, 0.6) is 0 Å². The van der Waals surface area contributed by atoms with E-state index in [-0.39, 0.29) is 18.3 Å². The Balaban J connectivity index is 1.39. The van der Waals surface area contributed by atoms with Gasteiger partial charge in [-0.05, 0) is 22.9 Å². The molecule has 0 bridgehead atoms. The third-order valence-electron chi connectivity index (χ3n) is 5.51. The fraction of sp³-hybridized carbons (Fsp3) is 0.318. The summed E-state index contributed by atoms with van der Waals surface area (Å²) in [6, 6.07) is 13.6. The van der Waals surface area contributed by atoms with Gasteiger partial charge in [-0.2, -0.15) is 0 Å². The number of fused-ring (bicyclic) bond motifs is 1. The predicted molar refractivity (Wildman–Crippen MR) is 122 cm³/mol. The molecule has 0 atom stereocenters. The number of amides is 1. The summed E-state index contributed by atoms with van der Waals surface area (Å²) in [7, 11) is 0. The van der Waals surface area contributed by atoms with Gasteiger partial charge in [0.15, 0.2) is 16.7 Å². The maximum Gasteiger partial charge on any atom is 0.322 e. The number of carboxylic acids is 1. The van der Waals surface area contributed by atoms with E-state index in [1.165, 1.54) is 11.3 Å². The van der Waals surface area contributed by atoms with Crippen molar-refractivity contribution in [2.45, 2.75) is 12.2 Å². The van der Waals surface area contributed by atoms with Crippen LogP contribution in [0.4, 0.5) is 16.6 Å². The topological polar surface area (TPSA) is 113 Å². The lowest BCUT2D eigenvalue weighted by Gasteiger charge is -2.21. The molecule has 10 heteroatoms. The van der Waals surface area contributed by atoms with Crippen LogP contribution in [0.25, 0.3) is 10.8 Å². The Hall–Kier alpha value is -3.21. The van der Waals surface area contributed by atoms with Crippen molar-refractivity contribution in [3.63, 3.8) is 0 Å². The normalized spacial score (nSPS) is 17.2. The van der Waals surface area contributed by atoms with E-state index in [9.17, 15) is 9.59 Å². The van der Waals surface area contributed by atoms with Gasteiger partial charge in [0, 0.05) is 18.7 Å². The number of rotatable bonds is 6. The van der Waals surface area contributed by atoms with Gasteiger partial charge >= 0.3 is 5.97 Å². The minimum atomic E-state index is -1.03. The summed E-state index contributed by atoms with van der Waals surface area (Å²) in [6.07, 6.45) is 0.711. The molecule has 5 rings (SSSR count). The first-order valence-electron chi connectivity index (χ1n) is 10.3. The number of hydrogen-bond acceptors (Lipinski definition) is 8. The highest BCUT2D eigenvalue weighted by atomic mass is 32.1. The van der Waals surface area contributed by atoms with Crippen LogP contribution in [-0.2, 0) is 14.3 Å². The highest BCUT2D eigenvalue weighted by Gasteiger charge is 2.44. The number of carboxylic acid groups (broad SMARTS) is 1. The van der Waals surface area contributed by atoms with Crippen LogP contribution in [0.2, 0.25) is 0 Å². The first kappa shape index (κ1) is 20.7. The lowest BCUT2D eigenvalue weighted by molar-refractivity contribution is -0.138. The summed E-state index contributed by atoms with van der Waals surface area (Å²) < 4.78 is 11.5. The third kappa shape index (κ3) is 4.12. The van der Waals surface area contributed by atoms with E-state index < -0.39 is 11.8 Å². The zero-order valence-corrected chi connectivity index (χ0v) is 18.0. The van der Waals surface area contributed by atoms with Gasteiger partial charge in [-0.1, -0.05) is 41.7 Å². The standard InChI is InChI=1S/C22H22N4O5S/c27-17(28)12-23-19-18(20(29)24-16-6-5-14-3-1-2-4-15(14)11-16)32-21(25-19)26-8-7-22(13-26)30-9-10-31-22/h1-6,11,23H,7-10,12-13H2,(H,24,29)(H,27,28). The molecule has 0 unspecified atom stereocenters. The molecule has 0 aliphatic carbocycles. The lowest BCUT2D eigenvalue weighted by atomic mass is 10.1. The Morgan fingerprint density at radius 3 is 2.72 bits per heavy atom. The van der Waals surface area contributed by atoms with Crippen molar-refractivity contribution in [3.8, 4) is 0 Å². The van der Waals surface area contributed by atoms with Crippen LogP contribution >= 0.6 is 11.3 Å². The molecule has 166 valence electrons. The largest absolute Gasteiger partial charge is 0.480 e. The van der Waals surface area contributed by atoms with Gasteiger partial charge < -0.3 is 30.1 Å². The molecule has 3 aromatic rings. The second-order valence-electron chi connectivity index (χ2n) is 7.72. The van der Waals surface area contributed by atoms with Crippen LogP contribution in [0.1, 0.15) is 16.1 Å². The van der Waals surface area contributed by atoms with Crippen LogP contribution < -0.4 is 15.5 Å². The van der Waals surface area contributed by atoms with Gasteiger partial charge in [-0.15, -0.1) is 0 Å². The molecule has 3 N–H and O–H groups in total. The maximum absolute atomic E-state index is 13.1. The van der Waals surface area contributed by atoms with Crippen LogP contribution in [-0.4, -0.2) is 60.6 Å². The fourth-order valence-corrected chi connectivity index (χ4v) is 4.94. The number of aromatic nitrogens is 1. The number of nitrogens with one attached hydrogen (secondary N) is 2. The van der Waals surface area contributed by atoms with Crippen LogP contribution in [0, 0.1) is 0 Å². The molecule has 2 fully saturated rings. The van der Waals surface area contributed by atoms with E-state index in [4.69, 9.17) is 14.6 Å². The monoisotopic (exact) mass is 454 g/mol. The van der Waals surface area contributed by atoms with E-state index in [1.807, 2.05) is 47.4 Å². The smallest absolute Gasteiger partial charge is 0.322 e. The molecule has 1 spiro atoms. The predicted octanol–water partition coefficient (Wildman–Crippen LogP) is 3.00. The summed E-state index contributed by atoms with van der Waals surface area (Å²) in [5, 5.41) is 17.5. The Kier molecular flexibility index (Phi) is 5.41. The minimum absolute atomic E-state index is 0.250. The van der Waals surface area contributed by atoms with Gasteiger partial charge in [0.05, 0.1) is 19.8 Å². The molecule has 2 aliphatic heterocycles. The van der Waals surface area contributed by atoms with Gasteiger partial charge in [0.25, 0.3) is 5.91 Å². The summed E-state index contributed by atoms with van der Waals surface area (Å²) in [5.74, 6) is -1.75. The summed E-state index contributed by atoms with van der Waals surface area (Å²) in [6.45, 7) is 1.99. The van der Waals surface area contributed by atoms with Crippen LogP contribution in [0.15, 0.2) is 42.5 Å². The quantitative estimate of drug-likeness (QED) is 0.521. The number of anilines is 3. The van der Waals surface area contributed by atoms with E-state index in [2.05, 4.69) is 15.6 Å². The first-order chi connectivity index (χ1) is 15.5. The zero-order valence-electron chi connectivity index (χ0n) is 17.2. The zero-order chi connectivity index (χ0) is 22.1. The van der Waals surface area contributed by atoms with E-state index in [0.717, 1.165) is 10.8 Å². The molecule has 2 aliphatic rings. The SMILES string of the molecule is O=C(O)CNc1nc(N2CCC3(C2)OCCO3)sc1C(=O)Nc1ccc2ccccc2c1. The number of aliphatic carboxylic acids is 1. The summed E-state index contributed by atoms with van der Waals surface area (Å²) >= 11 is 1.22. The molecule has 2 saturated heterocycles. The average molecular weight is 455 g/mol. The van der Waals surface area contributed by atoms with Crippen molar-refractivity contribution < 1.29 is 24.2 Å². The number of benzene rings is 2. The molecule has 3 heterocycles. The van der Waals surface area contributed by atoms with Crippen molar-refractivity contribution in [2.24, 2.45) is 0 Å². The van der Waals surface area contributed by atoms with Gasteiger partial charge in [0.2, 0.25) is 0 Å². The van der Waals surface area contributed by atoms with Gasteiger partial charge in [-0.3, -0.25) is 9.59 Å². The van der Waals surface area contributed by atoms with Crippen molar-refractivity contribution >= 4 is 50.6 Å². The number of hydrogen-bond donors (Lipinski definition) is 3. The second kappa shape index (κ2) is 8.38. The summed E-state index contributed by atoms with van der Waals surface area (Å²) in [4.78, 5) is 31.0. The van der Waals surface area contributed by atoms with Crippen molar-refractivity contribution in [3.05, 3.63) is 47.3 Å². The van der Waals surface area contributed by atoms with E-state index in [1.54, 1.807) is 0 Å². The number of thiazole rings is 1. The van der Waals surface area contributed by atoms with Crippen molar-refractivity contribution in [1.82, 2.24) is 4.98 Å². The minimum Gasteiger partial charge on any atom is -0.480 e. The Morgan fingerprint density at radius 2 is 1.94 bits per heavy atom. The second-order valence-corrected chi connectivity index (χ2v) is 8.69. The number of carbonyl (C=O) groups excluding carboxylic acids is 1. The molecule has 0 saturated carbocycles. The molecule has 0 radical (unpaired) electrons. The molecular weight excluding hydrogens is 432 g/mol. The highest BCUT2D eigenvalue weighted by molar-refractivity contribution is 7.18. The van der Waals surface area contributed by atoms with E-state index >= 15 is 0 Å². The molecule has 9 nitrogen and oxygen atoms in total. The lowest BCUT2D eigenvalue weighted by Crippen LogP contribution is -2.34. The molecule has 1 amide bonds. The number of ether oxygens (including phenoxy) is 2. The third-order valence-corrected chi connectivity index (χ3v) is 6.63.